The molecule has 0 radical (unpaired) electrons. The molecule has 0 saturated heterocycles. The average molecular weight is 177 g/mol. The lowest BCUT2D eigenvalue weighted by molar-refractivity contribution is 0.170. The normalized spacial score (nSPS) is 48.6. The number of hydrogen-bond acceptors (Lipinski definition) is 1. The van der Waals surface area contributed by atoms with Crippen LogP contribution in [-0.4, -0.2) is 12.3 Å². The number of fused-ring (bicyclic) bond motifs is 2. The van der Waals surface area contributed by atoms with Crippen LogP contribution in [0.2, 0.25) is 0 Å². The van der Waals surface area contributed by atoms with Gasteiger partial charge >= 0.3 is 0 Å². The Hall–Kier alpha value is -0.330. The molecular weight excluding hydrogens is 158 g/mol. The Morgan fingerprint density at radius 1 is 0.923 bits per heavy atom. The van der Waals surface area contributed by atoms with Gasteiger partial charge in [0, 0.05) is 0 Å². The van der Waals surface area contributed by atoms with Gasteiger partial charge in [-0.15, -0.1) is 0 Å². The first-order chi connectivity index (χ1) is 6.43. The van der Waals surface area contributed by atoms with Crippen LogP contribution in [0.5, 0.6) is 0 Å². The van der Waals surface area contributed by atoms with Crippen molar-refractivity contribution in [1.82, 2.24) is 0 Å². The molecule has 2 fully saturated rings. The van der Waals surface area contributed by atoms with Gasteiger partial charge in [-0.3, -0.25) is 4.99 Å². The number of nitrogens with zero attached hydrogens (tertiary/aromatic N) is 1. The lowest BCUT2D eigenvalue weighted by Crippen LogP contribution is -2.33. The third-order valence-corrected chi connectivity index (χ3v) is 4.47. The van der Waals surface area contributed by atoms with Crippen molar-refractivity contribution in [3.05, 3.63) is 0 Å². The number of aliphatic imine (C=N–C) groups is 1. The first kappa shape index (κ1) is 8.02. The maximum atomic E-state index is 4.69. The van der Waals surface area contributed by atoms with E-state index < -0.39 is 0 Å². The molecule has 72 valence electrons. The fourth-order valence-electron chi connectivity index (χ4n) is 3.77. The zero-order valence-corrected chi connectivity index (χ0v) is 8.28. The van der Waals surface area contributed by atoms with Gasteiger partial charge in [0.15, 0.2) is 0 Å². The molecular formula is C12H19N. The predicted octanol–water partition coefficient (Wildman–Crippen LogP) is 3.05. The van der Waals surface area contributed by atoms with Gasteiger partial charge in [0.25, 0.3) is 0 Å². The quantitative estimate of drug-likeness (QED) is 0.539. The van der Waals surface area contributed by atoms with Crippen LogP contribution in [0.4, 0.5) is 0 Å². The first-order valence-corrected chi connectivity index (χ1v) is 5.95. The molecule has 1 heteroatoms. The smallest absolute Gasteiger partial charge is 0.0526 e. The minimum absolute atomic E-state index is 0.730. The van der Waals surface area contributed by atoms with E-state index in [0.29, 0.717) is 0 Å². The second-order valence-corrected chi connectivity index (χ2v) is 5.16. The van der Waals surface area contributed by atoms with Crippen LogP contribution in [0.15, 0.2) is 4.99 Å². The molecule has 1 heterocycles. The van der Waals surface area contributed by atoms with E-state index in [1.165, 1.54) is 44.9 Å². The van der Waals surface area contributed by atoms with Crippen LogP contribution in [0.25, 0.3) is 0 Å². The summed E-state index contributed by atoms with van der Waals surface area (Å²) < 4.78 is 0. The molecule has 2 aliphatic carbocycles. The fraction of sp³-hybridized carbons (Fsp3) is 0.917. The van der Waals surface area contributed by atoms with Gasteiger partial charge in [-0.25, -0.2) is 0 Å². The van der Waals surface area contributed by atoms with Crippen LogP contribution in [-0.2, 0) is 0 Å². The highest BCUT2D eigenvalue weighted by molar-refractivity contribution is 5.58. The Morgan fingerprint density at radius 3 is 2.69 bits per heavy atom. The fourth-order valence-corrected chi connectivity index (χ4v) is 3.77. The molecule has 4 unspecified atom stereocenters. The van der Waals surface area contributed by atoms with E-state index in [1.54, 1.807) is 0 Å². The third kappa shape index (κ3) is 1.33. The van der Waals surface area contributed by atoms with E-state index in [9.17, 15) is 0 Å². The van der Waals surface area contributed by atoms with Gasteiger partial charge in [0.2, 0.25) is 0 Å². The molecule has 0 N–H and O–H groups in total. The molecule has 3 rings (SSSR count). The molecule has 13 heavy (non-hydrogen) atoms. The maximum Gasteiger partial charge on any atom is 0.0526 e. The lowest BCUT2D eigenvalue weighted by Gasteiger charge is -2.38. The summed E-state index contributed by atoms with van der Waals surface area (Å²) in [6, 6.07) is 0.730. The van der Waals surface area contributed by atoms with Gasteiger partial charge in [-0.1, -0.05) is 19.3 Å². The van der Waals surface area contributed by atoms with Crippen LogP contribution >= 0.6 is 0 Å². The summed E-state index contributed by atoms with van der Waals surface area (Å²) in [6.45, 7) is 0. The molecule has 2 saturated carbocycles. The molecule has 0 aromatic carbocycles. The summed E-state index contributed by atoms with van der Waals surface area (Å²) in [4.78, 5) is 4.69. The third-order valence-electron chi connectivity index (χ3n) is 4.47. The maximum absolute atomic E-state index is 4.69. The van der Waals surface area contributed by atoms with Crippen molar-refractivity contribution in [2.45, 2.75) is 51.0 Å². The molecule has 0 aromatic heterocycles. The van der Waals surface area contributed by atoms with Crippen LogP contribution < -0.4 is 0 Å². The molecule has 0 aromatic rings. The Balaban J connectivity index is 1.77. The summed E-state index contributed by atoms with van der Waals surface area (Å²) >= 11 is 0. The predicted molar refractivity (Wildman–Crippen MR) is 55.1 cm³/mol. The van der Waals surface area contributed by atoms with E-state index >= 15 is 0 Å². The SMILES string of the molecule is C1=NC2CC3CCCC3CC2CC1. The lowest BCUT2D eigenvalue weighted by atomic mass is 9.71. The molecule has 0 amide bonds. The zero-order valence-electron chi connectivity index (χ0n) is 8.28. The van der Waals surface area contributed by atoms with Gasteiger partial charge in [0.1, 0.15) is 0 Å². The van der Waals surface area contributed by atoms with E-state index in [-0.39, 0.29) is 0 Å². The van der Waals surface area contributed by atoms with Gasteiger partial charge in [-0.05, 0) is 49.7 Å². The van der Waals surface area contributed by atoms with Gasteiger partial charge in [0.05, 0.1) is 6.04 Å². The van der Waals surface area contributed by atoms with Crippen molar-refractivity contribution in [3.63, 3.8) is 0 Å². The minimum atomic E-state index is 0.730. The Bertz CT molecular complexity index is 221. The van der Waals surface area contributed by atoms with E-state index in [1.807, 2.05) is 0 Å². The monoisotopic (exact) mass is 177 g/mol. The highest BCUT2D eigenvalue weighted by atomic mass is 14.8. The molecule has 1 nitrogen and oxygen atoms in total. The van der Waals surface area contributed by atoms with E-state index in [4.69, 9.17) is 0 Å². The van der Waals surface area contributed by atoms with Crippen LogP contribution in [0.1, 0.15) is 44.9 Å². The average Bonchev–Trinajstić information content (AvgIpc) is 2.61. The number of rotatable bonds is 0. The topological polar surface area (TPSA) is 12.4 Å². The van der Waals surface area contributed by atoms with Crippen molar-refractivity contribution in [1.29, 1.82) is 0 Å². The molecule has 0 bridgehead atoms. The summed E-state index contributed by atoms with van der Waals surface area (Å²) in [7, 11) is 0. The second-order valence-electron chi connectivity index (χ2n) is 5.16. The van der Waals surface area contributed by atoms with E-state index in [0.717, 1.165) is 23.8 Å². The van der Waals surface area contributed by atoms with Crippen molar-refractivity contribution in [2.75, 3.05) is 0 Å². The van der Waals surface area contributed by atoms with Crippen molar-refractivity contribution in [2.24, 2.45) is 22.7 Å². The minimum Gasteiger partial charge on any atom is -0.294 e. The molecule has 4 atom stereocenters. The Kier molecular flexibility index (Phi) is 1.92. The molecule has 1 aliphatic heterocycles. The highest BCUT2D eigenvalue weighted by Gasteiger charge is 2.39. The summed E-state index contributed by atoms with van der Waals surface area (Å²) in [6.07, 6.45) is 12.3. The summed E-state index contributed by atoms with van der Waals surface area (Å²) in [5, 5.41) is 0. The van der Waals surface area contributed by atoms with Crippen LogP contribution in [0.3, 0.4) is 0 Å². The van der Waals surface area contributed by atoms with E-state index in [2.05, 4.69) is 11.2 Å². The van der Waals surface area contributed by atoms with Gasteiger partial charge in [-0.2, -0.15) is 0 Å². The largest absolute Gasteiger partial charge is 0.294 e. The van der Waals surface area contributed by atoms with Crippen molar-refractivity contribution >= 4 is 6.21 Å². The molecule has 0 spiro atoms. The summed E-state index contributed by atoms with van der Waals surface area (Å²) in [5.41, 5.74) is 0. The standard InChI is InChI=1S/C12H19N/c1-3-9-7-11-5-2-6-13-12(11)8-10(9)4-1/h6,9-12H,1-5,7-8H2. The summed E-state index contributed by atoms with van der Waals surface area (Å²) in [5.74, 6) is 3.11. The van der Waals surface area contributed by atoms with Crippen LogP contribution in [0, 0.1) is 17.8 Å². The molecule has 3 aliphatic rings. The van der Waals surface area contributed by atoms with Crippen molar-refractivity contribution < 1.29 is 0 Å². The second kappa shape index (κ2) is 3.11. The Morgan fingerprint density at radius 2 is 1.77 bits per heavy atom. The Labute approximate surface area is 80.6 Å². The number of hydrogen-bond donors (Lipinski definition) is 0. The van der Waals surface area contributed by atoms with Crippen molar-refractivity contribution in [3.8, 4) is 0 Å². The first-order valence-electron chi connectivity index (χ1n) is 5.95. The highest BCUT2D eigenvalue weighted by Crippen LogP contribution is 2.46. The zero-order chi connectivity index (χ0) is 8.67. The van der Waals surface area contributed by atoms with Gasteiger partial charge < -0.3 is 0 Å².